The normalized spacial score (nSPS) is 13.3. The monoisotopic (exact) mass is 1020 g/mol. The zero-order valence-electron chi connectivity index (χ0n) is 48.9. The van der Waals surface area contributed by atoms with Crippen LogP contribution in [0.25, 0.3) is 0 Å². The van der Waals surface area contributed by atoms with Crippen LogP contribution < -0.4 is 5.32 Å². The molecule has 0 aromatic carbocycles. The summed E-state index contributed by atoms with van der Waals surface area (Å²) in [6.45, 7) is 4.22. The van der Waals surface area contributed by atoms with Gasteiger partial charge >= 0.3 is 0 Å². The first-order valence-corrected chi connectivity index (χ1v) is 32.3. The van der Waals surface area contributed by atoms with Gasteiger partial charge in [-0.1, -0.05) is 336 Å². The summed E-state index contributed by atoms with van der Waals surface area (Å²) < 4.78 is 0. The number of hydrogen-bond acceptors (Lipinski definition) is 3. The van der Waals surface area contributed by atoms with Crippen molar-refractivity contribution in [1.29, 1.82) is 0 Å². The maximum Gasteiger partial charge on any atom is 0.220 e. The molecule has 0 fully saturated rings. The second-order valence-corrected chi connectivity index (χ2v) is 21.8. The lowest BCUT2D eigenvalue weighted by molar-refractivity contribution is -0.123. The average Bonchev–Trinajstić information content (AvgIpc) is 3.40. The fourth-order valence-electron chi connectivity index (χ4n) is 9.77. The molecule has 4 nitrogen and oxygen atoms in total. The van der Waals surface area contributed by atoms with Crippen molar-refractivity contribution in [3.63, 3.8) is 0 Å². The van der Waals surface area contributed by atoms with Crippen molar-refractivity contribution >= 4 is 5.91 Å². The van der Waals surface area contributed by atoms with E-state index in [9.17, 15) is 15.0 Å². The van der Waals surface area contributed by atoms with Gasteiger partial charge in [-0.2, -0.15) is 0 Å². The van der Waals surface area contributed by atoms with E-state index in [1.807, 2.05) is 6.08 Å². The topological polar surface area (TPSA) is 69.6 Å². The highest BCUT2D eigenvalue weighted by molar-refractivity contribution is 5.76. The molecule has 0 aromatic rings. The number of unbranched alkanes of at least 4 members (excludes halogenated alkanes) is 40. The van der Waals surface area contributed by atoms with Crippen LogP contribution in [0.15, 0.2) is 85.1 Å². The van der Waals surface area contributed by atoms with E-state index in [0.29, 0.717) is 6.42 Å². The van der Waals surface area contributed by atoms with Crippen LogP contribution in [-0.2, 0) is 4.79 Å². The van der Waals surface area contributed by atoms with E-state index >= 15 is 0 Å². The first-order chi connectivity index (χ1) is 36.2. The Hall–Kier alpha value is -2.43. The lowest BCUT2D eigenvalue weighted by Gasteiger charge is -2.20. The molecule has 0 heterocycles. The predicted octanol–water partition coefficient (Wildman–Crippen LogP) is 21.9. The van der Waals surface area contributed by atoms with E-state index in [-0.39, 0.29) is 12.5 Å². The molecule has 3 N–H and O–H groups in total. The molecule has 73 heavy (non-hydrogen) atoms. The van der Waals surface area contributed by atoms with Crippen molar-refractivity contribution in [3.05, 3.63) is 85.1 Å². The lowest BCUT2D eigenvalue weighted by Crippen LogP contribution is -2.45. The summed E-state index contributed by atoms with van der Waals surface area (Å²) in [5.74, 6) is -0.0680. The molecular formula is C69H125NO3. The van der Waals surface area contributed by atoms with E-state index < -0.39 is 12.1 Å². The number of nitrogens with one attached hydrogen (secondary N) is 1. The van der Waals surface area contributed by atoms with Gasteiger partial charge in [0.25, 0.3) is 0 Å². The molecule has 4 heteroatoms. The van der Waals surface area contributed by atoms with Gasteiger partial charge in [-0.15, -0.1) is 0 Å². The Bertz CT molecular complexity index is 1290. The van der Waals surface area contributed by atoms with Gasteiger partial charge in [-0.25, -0.2) is 0 Å². The number of carbonyl (C=O) groups excluding carboxylic acids is 1. The Kier molecular flexibility index (Phi) is 61.7. The van der Waals surface area contributed by atoms with Crippen molar-refractivity contribution in [2.75, 3.05) is 6.61 Å². The molecule has 0 aromatic heterocycles. The van der Waals surface area contributed by atoms with Crippen molar-refractivity contribution in [3.8, 4) is 0 Å². The largest absolute Gasteiger partial charge is 0.394 e. The molecule has 0 saturated carbocycles. The molecule has 0 bridgehead atoms. The van der Waals surface area contributed by atoms with E-state index in [2.05, 4.69) is 92.1 Å². The van der Waals surface area contributed by atoms with E-state index in [4.69, 9.17) is 0 Å². The van der Waals surface area contributed by atoms with Gasteiger partial charge in [0.15, 0.2) is 0 Å². The molecule has 0 aliphatic carbocycles. The number of rotatable bonds is 59. The first-order valence-electron chi connectivity index (χ1n) is 32.3. The third-order valence-electron chi connectivity index (χ3n) is 14.6. The van der Waals surface area contributed by atoms with Gasteiger partial charge in [0.05, 0.1) is 18.8 Å². The SMILES string of the molecule is CC/C=C\C/C=C\C/C=C\C/C=C\C/C=C\C/C=C\CCCCCCCCCCCCC(=O)NC(CO)C(O)/C=C/CCCCCCCCCCCCCCCCCCCCCCCCCCCCCCCC. The van der Waals surface area contributed by atoms with Crippen molar-refractivity contribution in [2.45, 2.75) is 341 Å². The van der Waals surface area contributed by atoms with Crippen LogP contribution in [0.4, 0.5) is 0 Å². The number of amides is 1. The highest BCUT2D eigenvalue weighted by Crippen LogP contribution is 2.18. The standard InChI is InChI=1S/C69H125NO3/c1-3-5-7-9-11-13-15-17-19-21-23-25-27-29-31-33-34-35-37-38-40-42-44-46-48-50-52-54-56-58-60-62-64-68(72)67(66-71)70-69(73)65-63-61-59-57-55-53-51-49-47-45-43-41-39-36-32-30-28-26-24-22-20-18-16-14-12-10-8-6-4-2/h6,8,12,14,18,20,24,26,30,32,39,41,62,64,67-68,71-72H,3-5,7,9-11,13,15-17,19,21-23,25,27-29,31,33-38,40,42-61,63,65-66H2,1-2H3,(H,70,73)/b8-6-,14-12-,20-18-,26-24-,32-30-,41-39-,64-62+. The quantitative estimate of drug-likeness (QED) is 0.0420. The minimum absolute atomic E-state index is 0.0680. The molecule has 2 atom stereocenters. The molecule has 1 amide bonds. The number of carbonyl (C=O) groups is 1. The molecular weight excluding hydrogens is 891 g/mol. The Morgan fingerprint density at radius 3 is 0.904 bits per heavy atom. The van der Waals surface area contributed by atoms with Gasteiger partial charge < -0.3 is 15.5 Å². The van der Waals surface area contributed by atoms with Crippen molar-refractivity contribution in [1.82, 2.24) is 5.32 Å². The smallest absolute Gasteiger partial charge is 0.220 e. The average molecular weight is 1020 g/mol. The highest BCUT2D eigenvalue weighted by atomic mass is 16.3. The van der Waals surface area contributed by atoms with Crippen LogP contribution in [0.5, 0.6) is 0 Å². The summed E-state index contributed by atoms with van der Waals surface area (Å²) in [5.41, 5.74) is 0. The van der Waals surface area contributed by atoms with Gasteiger partial charge in [-0.3, -0.25) is 4.79 Å². The third kappa shape index (κ3) is 60.3. The Morgan fingerprint density at radius 1 is 0.342 bits per heavy atom. The molecule has 0 aliphatic rings. The van der Waals surface area contributed by atoms with Crippen LogP contribution in [0.1, 0.15) is 328 Å². The molecule has 0 spiro atoms. The van der Waals surface area contributed by atoms with Crippen LogP contribution >= 0.6 is 0 Å². The van der Waals surface area contributed by atoms with Crippen molar-refractivity contribution < 1.29 is 15.0 Å². The summed E-state index contributed by atoms with van der Waals surface area (Å²) >= 11 is 0. The van der Waals surface area contributed by atoms with Crippen LogP contribution in [0, 0.1) is 0 Å². The fourth-order valence-corrected chi connectivity index (χ4v) is 9.77. The van der Waals surface area contributed by atoms with Gasteiger partial charge in [0, 0.05) is 6.42 Å². The van der Waals surface area contributed by atoms with E-state index in [1.54, 1.807) is 6.08 Å². The minimum Gasteiger partial charge on any atom is -0.394 e. The zero-order valence-corrected chi connectivity index (χ0v) is 48.9. The molecule has 0 aliphatic heterocycles. The zero-order chi connectivity index (χ0) is 52.7. The maximum atomic E-state index is 12.5. The summed E-state index contributed by atoms with van der Waals surface area (Å²) in [5, 5.41) is 23.3. The number of hydrogen-bond donors (Lipinski definition) is 3. The summed E-state index contributed by atoms with van der Waals surface area (Å²) in [6, 6.07) is -0.632. The fraction of sp³-hybridized carbons (Fsp3) is 0.783. The minimum atomic E-state index is -0.848. The van der Waals surface area contributed by atoms with Crippen molar-refractivity contribution in [2.24, 2.45) is 0 Å². The molecule has 0 radical (unpaired) electrons. The van der Waals surface area contributed by atoms with Crippen LogP contribution in [0.3, 0.4) is 0 Å². The van der Waals surface area contributed by atoms with E-state index in [1.165, 1.54) is 244 Å². The molecule has 0 saturated heterocycles. The molecule has 0 rings (SSSR count). The summed E-state index contributed by atoms with van der Waals surface area (Å²) in [6.07, 6.45) is 93.5. The Morgan fingerprint density at radius 2 is 0.603 bits per heavy atom. The predicted molar refractivity (Wildman–Crippen MR) is 327 cm³/mol. The van der Waals surface area contributed by atoms with Gasteiger partial charge in [0.1, 0.15) is 0 Å². The molecule has 424 valence electrons. The van der Waals surface area contributed by atoms with E-state index in [0.717, 1.165) is 64.2 Å². The number of allylic oxidation sites excluding steroid dienone is 13. The number of aliphatic hydroxyl groups excluding tert-OH is 2. The summed E-state index contributed by atoms with van der Waals surface area (Å²) in [7, 11) is 0. The van der Waals surface area contributed by atoms with Gasteiger partial charge in [-0.05, 0) is 70.6 Å². The van der Waals surface area contributed by atoms with Crippen LogP contribution in [-0.4, -0.2) is 34.9 Å². The van der Waals surface area contributed by atoms with Crippen LogP contribution in [0.2, 0.25) is 0 Å². The Labute approximate surface area is 456 Å². The summed E-state index contributed by atoms with van der Waals surface area (Å²) in [4.78, 5) is 12.5. The second-order valence-electron chi connectivity index (χ2n) is 21.8. The number of aliphatic hydroxyl groups is 2. The third-order valence-corrected chi connectivity index (χ3v) is 14.6. The Balaban J connectivity index is 3.50. The van der Waals surface area contributed by atoms with Gasteiger partial charge in [0.2, 0.25) is 5.91 Å². The second kappa shape index (κ2) is 63.9. The first kappa shape index (κ1) is 70.6. The lowest BCUT2D eigenvalue weighted by atomic mass is 10.0. The maximum absolute atomic E-state index is 12.5. The highest BCUT2D eigenvalue weighted by Gasteiger charge is 2.18. The molecule has 2 unspecified atom stereocenters.